The second-order valence-electron chi connectivity index (χ2n) is 3.74. The number of furan rings is 1. The van der Waals surface area contributed by atoms with E-state index in [2.05, 4.69) is 5.32 Å². The van der Waals surface area contributed by atoms with E-state index in [1.807, 2.05) is 13.8 Å². The van der Waals surface area contributed by atoms with Crippen molar-refractivity contribution in [2.24, 2.45) is 5.73 Å². The van der Waals surface area contributed by atoms with E-state index >= 15 is 0 Å². The molecule has 1 heterocycles. The average molecular weight is 210 g/mol. The fourth-order valence-electron chi connectivity index (χ4n) is 1.39. The van der Waals surface area contributed by atoms with E-state index in [0.29, 0.717) is 12.3 Å². The molecule has 1 amide bonds. The summed E-state index contributed by atoms with van der Waals surface area (Å²) in [5.74, 6) is 0.247. The lowest BCUT2D eigenvalue weighted by Gasteiger charge is -2.12. The summed E-state index contributed by atoms with van der Waals surface area (Å²) < 4.78 is 5.09. The van der Waals surface area contributed by atoms with Crippen molar-refractivity contribution < 1.29 is 9.21 Å². The third-order valence-corrected chi connectivity index (χ3v) is 2.29. The lowest BCUT2D eigenvalue weighted by molar-refractivity contribution is 0.0909. The largest absolute Gasteiger partial charge is 0.459 e. The highest BCUT2D eigenvalue weighted by Gasteiger charge is 2.14. The van der Waals surface area contributed by atoms with Crippen LogP contribution in [0.5, 0.6) is 0 Å². The smallest absolute Gasteiger partial charge is 0.287 e. The predicted octanol–water partition coefficient (Wildman–Crippen LogP) is 1.45. The Labute approximate surface area is 89.8 Å². The van der Waals surface area contributed by atoms with E-state index < -0.39 is 0 Å². The lowest BCUT2D eigenvalue weighted by Crippen LogP contribution is -2.33. The number of hydrogen-bond acceptors (Lipinski definition) is 3. The molecule has 84 valence electrons. The van der Waals surface area contributed by atoms with Crippen molar-refractivity contribution >= 4 is 5.91 Å². The summed E-state index contributed by atoms with van der Waals surface area (Å²) in [6, 6.07) is 1.91. The molecule has 0 aliphatic rings. The molecule has 0 aromatic carbocycles. The van der Waals surface area contributed by atoms with Gasteiger partial charge < -0.3 is 15.5 Å². The first-order valence-corrected chi connectivity index (χ1v) is 5.20. The number of nitrogens with one attached hydrogen (secondary N) is 1. The Morgan fingerprint density at radius 1 is 1.67 bits per heavy atom. The number of nitrogens with two attached hydrogens (primary N) is 1. The topological polar surface area (TPSA) is 68.3 Å². The molecule has 0 fully saturated rings. The van der Waals surface area contributed by atoms with Crippen LogP contribution in [0, 0.1) is 6.92 Å². The fraction of sp³-hybridized carbons (Fsp3) is 0.545. The summed E-state index contributed by atoms with van der Waals surface area (Å²) >= 11 is 0. The van der Waals surface area contributed by atoms with Gasteiger partial charge in [-0.15, -0.1) is 0 Å². The summed E-state index contributed by atoms with van der Waals surface area (Å²) in [5.41, 5.74) is 6.25. The van der Waals surface area contributed by atoms with Crippen LogP contribution in [-0.2, 0) is 0 Å². The van der Waals surface area contributed by atoms with Gasteiger partial charge in [-0.2, -0.15) is 0 Å². The highest BCUT2D eigenvalue weighted by molar-refractivity contribution is 5.92. The van der Waals surface area contributed by atoms with Crippen molar-refractivity contribution in [1.82, 2.24) is 5.32 Å². The van der Waals surface area contributed by atoms with Crippen molar-refractivity contribution in [2.45, 2.75) is 32.7 Å². The van der Waals surface area contributed by atoms with Crippen LogP contribution >= 0.6 is 0 Å². The van der Waals surface area contributed by atoms with Crippen LogP contribution < -0.4 is 11.1 Å². The van der Waals surface area contributed by atoms with Crippen LogP contribution in [0.2, 0.25) is 0 Å². The monoisotopic (exact) mass is 210 g/mol. The third-order valence-electron chi connectivity index (χ3n) is 2.29. The van der Waals surface area contributed by atoms with Crippen LogP contribution in [0.25, 0.3) is 0 Å². The number of amides is 1. The Bertz CT molecular complexity index is 320. The van der Waals surface area contributed by atoms with Gasteiger partial charge in [0.2, 0.25) is 0 Å². The molecule has 0 radical (unpaired) electrons. The van der Waals surface area contributed by atoms with Crippen LogP contribution in [0.4, 0.5) is 0 Å². The number of aryl methyl sites for hydroxylation is 1. The highest BCUT2D eigenvalue weighted by atomic mass is 16.3. The van der Waals surface area contributed by atoms with Gasteiger partial charge in [-0.1, -0.05) is 0 Å². The van der Waals surface area contributed by atoms with E-state index in [1.165, 1.54) is 6.26 Å². The molecule has 0 aliphatic heterocycles. The number of carbonyl (C=O) groups excluding carboxylic acids is 1. The SMILES string of the molecule is Cc1ccoc1C(=O)NC(C)CCCN. The van der Waals surface area contributed by atoms with Gasteiger partial charge in [0.25, 0.3) is 5.91 Å². The van der Waals surface area contributed by atoms with Crippen molar-refractivity contribution in [3.05, 3.63) is 23.7 Å². The molecule has 0 saturated carbocycles. The van der Waals surface area contributed by atoms with Gasteiger partial charge >= 0.3 is 0 Å². The molecule has 1 atom stereocenters. The average Bonchev–Trinajstić information content (AvgIpc) is 2.61. The summed E-state index contributed by atoms with van der Waals surface area (Å²) in [6.07, 6.45) is 3.33. The molecule has 0 aliphatic carbocycles. The number of carbonyl (C=O) groups is 1. The second-order valence-corrected chi connectivity index (χ2v) is 3.74. The summed E-state index contributed by atoms with van der Waals surface area (Å²) in [4.78, 5) is 11.7. The molecule has 1 aromatic rings. The van der Waals surface area contributed by atoms with Gasteiger partial charge in [0.05, 0.1) is 6.26 Å². The molecule has 4 nitrogen and oxygen atoms in total. The van der Waals surface area contributed by atoms with Gasteiger partial charge in [0.1, 0.15) is 0 Å². The van der Waals surface area contributed by atoms with Crippen molar-refractivity contribution in [3.63, 3.8) is 0 Å². The van der Waals surface area contributed by atoms with Crippen LogP contribution in [0.15, 0.2) is 16.7 Å². The van der Waals surface area contributed by atoms with E-state index in [0.717, 1.165) is 18.4 Å². The molecule has 1 rings (SSSR count). The lowest BCUT2D eigenvalue weighted by atomic mass is 10.1. The van der Waals surface area contributed by atoms with E-state index in [1.54, 1.807) is 6.07 Å². The van der Waals surface area contributed by atoms with Gasteiger partial charge in [0, 0.05) is 11.6 Å². The molecule has 0 bridgehead atoms. The Morgan fingerprint density at radius 2 is 2.40 bits per heavy atom. The predicted molar refractivity (Wildman–Crippen MR) is 58.7 cm³/mol. The molecule has 1 unspecified atom stereocenters. The standard InChI is InChI=1S/C11H18N2O2/c1-8-5-7-15-10(8)11(14)13-9(2)4-3-6-12/h5,7,9H,3-4,6,12H2,1-2H3,(H,13,14). The van der Waals surface area contributed by atoms with Crippen LogP contribution in [0.3, 0.4) is 0 Å². The Balaban J connectivity index is 2.46. The maximum Gasteiger partial charge on any atom is 0.287 e. The Kier molecular flexibility index (Phi) is 4.37. The minimum atomic E-state index is -0.151. The molecule has 4 heteroatoms. The van der Waals surface area contributed by atoms with Crippen molar-refractivity contribution in [3.8, 4) is 0 Å². The fourth-order valence-corrected chi connectivity index (χ4v) is 1.39. The first-order chi connectivity index (χ1) is 7.15. The van der Waals surface area contributed by atoms with E-state index in [9.17, 15) is 4.79 Å². The summed E-state index contributed by atoms with van der Waals surface area (Å²) in [7, 11) is 0. The molecule has 1 aromatic heterocycles. The molecular formula is C11H18N2O2. The maximum atomic E-state index is 11.7. The molecule has 3 N–H and O–H groups in total. The zero-order chi connectivity index (χ0) is 11.3. The van der Waals surface area contributed by atoms with Crippen molar-refractivity contribution in [1.29, 1.82) is 0 Å². The first kappa shape index (κ1) is 11.8. The maximum absolute atomic E-state index is 11.7. The van der Waals surface area contributed by atoms with Gasteiger partial charge in [0.15, 0.2) is 5.76 Å². The van der Waals surface area contributed by atoms with Crippen molar-refractivity contribution in [2.75, 3.05) is 6.54 Å². The zero-order valence-electron chi connectivity index (χ0n) is 9.25. The minimum Gasteiger partial charge on any atom is -0.459 e. The molecule has 0 saturated heterocycles. The number of hydrogen-bond donors (Lipinski definition) is 2. The zero-order valence-corrected chi connectivity index (χ0v) is 9.25. The van der Waals surface area contributed by atoms with E-state index in [-0.39, 0.29) is 11.9 Å². The Hall–Kier alpha value is -1.29. The summed E-state index contributed by atoms with van der Waals surface area (Å²) in [5, 5.41) is 2.87. The Morgan fingerprint density at radius 3 is 2.93 bits per heavy atom. The normalized spacial score (nSPS) is 12.5. The van der Waals surface area contributed by atoms with Crippen LogP contribution in [0.1, 0.15) is 35.9 Å². The van der Waals surface area contributed by atoms with Gasteiger partial charge in [-0.05, 0) is 39.3 Å². The highest BCUT2D eigenvalue weighted by Crippen LogP contribution is 2.09. The molecule has 0 spiro atoms. The number of rotatable bonds is 5. The molecule has 15 heavy (non-hydrogen) atoms. The van der Waals surface area contributed by atoms with Gasteiger partial charge in [-0.3, -0.25) is 4.79 Å². The third kappa shape index (κ3) is 3.40. The molecular weight excluding hydrogens is 192 g/mol. The van der Waals surface area contributed by atoms with Gasteiger partial charge in [-0.25, -0.2) is 0 Å². The second kappa shape index (κ2) is 5.56. The summed E-state index contributed by atoms with van der Waals surface area (Å²) in [6.45, 7) is 4.47. The quantitative estimate of drug-likeness (QED) is 0.772. The van der Waals surface area contributed by atoms with E-state index in [4.69, 9.17) is 10.2 Å². The minimum absolute atomic E-state index is 0.130. The first-order valence-electron chi connectivity index (χ1n) is 5.20. The van der Waals surface area contributed by atoms with Crippen LogP contribution in [-0.4, -0.2) is 18.5 Å².